The molecule has 2 aliphatic heterocycles. The van der Waals surface area contributed by atoms with Crippen LogP contribution in [0.25, 0.3) is 10.9 Å². The molecule has 3 atom stereocenters. The maximum absolute atomic E-state index is 14.6. The largest absolute Gasteiger partial charge is 0.494 e. The molecule has 3 heterocycles. The maximum atomic E-state index is 14.6. The number of nitrogens with one attached hydrogen (secondary N) is 4. The second-order valence-electron chi connectivity index (χ2n) is 14.1. The maximum Gasteiger partial charge on any atom is 0.257 e. The summed E-state index contributed by atoms with van der Waals surface area (Å²) in [6, 6.07) is 7.42. The number of nitrogens with zero attached hydrogens (tertiary/aromatic N) is 5. The number of aromatic nitrogens is 2. The molecule has 3 amide bonds. The van der Waals surface area contributed by atoms with Crippen molar-refractivity contribution < 1.29 is 27.5 Å². The molecule has 0 bridgehead atoms. The number of ether oxygens (including phenoxy) is 1. The molecule has 0 saturated carbocycles. The van der Waals surface area contributed by atoms with Gasteiger partial charge in [-0.3, -0.25) is 14.4 Å². The molecule has 2 aromatic carbocycles. The fourth-order valence-corrected chi connectivity index (χ4v) is 7.53. The second kappa shape index (κ2) is 15.6. The highest BCUT2D eigenvalue weighted by Gasteiger charge is 2.42. The van der Waals surface area contributed by atoms with E-state index >= 15 is 0 Å². The minimum atomic E-state index is -3.65. The molecule has 2 aliphatic rings. The molecule has 15 nitrogen and oxygen atoms in total. The Balaban J connectivity index is 1.54. The summed E-state index contributed by atoms with van der Waals surface area (Å²) in [7, 11) is 1.41. The average Bonchev–Trinajstić information content (AvgIpc) is 3.65. The summed E-state index contributed by atoms with van der Waals surface area (Å²) >= 11 is 0. The first-order valence-electron chi connectivity index (χ1n) is 17.1. The van der Waals surface area contributed by atoms with Crippen LogP contribution in [0.2, 0.25) is 0 Å². The number of benzene rings is 2. The van der Waals surface area contributed by atoms with Crippen molar-refractivity contribution in [1.29, 1.82) is 0 Å². The quantitative estimate of drug-likeness (QED) is 0.227. The molecule has 16 heteroatoms. The zero-order valence-corrected chi connectivity index (χ0v) is 31.1. The number of anilines is 3. The van der Waals surface area contributed by atoms with E-state index in [1.54, 1.807) is 50.4 Å². The molecule has 51 heavy (non-hydrogen) atoms. The SMILES string of the molecule is CN[C@@H](C)C(=O)N[C@H](C(=O)N(C(=O)[C@@H]1CCCN1)c1cc2c(Nc3ccc(S(=O)(=O)N4CCN(C)CC4)cc3)ncnc2cc1OC)C(C)(C)C. The van der Waals surface area contributed by atoms with Crippen LogP contribution in [0.5, 0.6) is 5.75 Å². The molecule has 3 aromatic rings. The van der Waals surface area contributed by atoms with Crippen LogP contribution in [0.1, 0.15) is 40.5 Å². The molecule has 0 unspecified atom stereocenters. The lowest BCUT2D eigenvalue weighted by Gasteiger charge is -2.36. The number of fused-ring (bicyclic) bond motifs is 1. The van der Waals surface area contributed by atoms with Gasteiger partial charge in [0.25, 0.3) is 11.8 Å². The van der Waals surface area contributed by atoms with Crippen LogP contribution in [0, 0.1) is 5.41 Å². The Morgan fingerprint density at radius 2 is 1.75 bits per heavy atom. The number of carbonyl (C=O) groups is 3. The first kappa shape index (κ1) is 38.0. The molecule has 276 valence electrons. The Labute approximate surface area is 299 Å². The minimum absolute atomic E-state index is 0.172. The Hall–Kier alpha value is -4.22. The van der Waals surface area contributed by atoms with E-state index in [4.69, 9.17) is 4.74 Å². The Morgan fingerprint density at radius 1 is 1.06 bits per heavy atom. The number of piperazine rings is 1. The van der Waals surface area contributed by atoms with Gasteiger partial charge in [0.1, 0.15) is 23.9 Å². The number of rotatable bonds is 11. The van der Waals surface area contributed by atoms with Crippen LogP contribution in [-0.4, -0.2) is 117 Å². The van der Waals surface area contributed by atoms with Gasteiger partial charge in [-0.2, -0.15) is 4.31 Å². The number of methoxy groups -OCH3 is 1. The van der Waals surface area contributed by atoms with Crippen LogP contribution in [0.4, 0.5) is 17.2 Å². The van der Waals surface area contributed by atoms with E-state index < -0.39 is 45.4 Å². The van der Waals surface area contributed by atoms with Gasteiger partial charge in [-0.1, -0.05) is 20.8 Å². The van der Waals surface area contributed by atoms with E-state index in [1.807, 2.05) is 27.8 Å². The summed E-state index contributed by atoms with van der Waals surface area (Å²) in [6.07, 6.45) is 2.68. The minimum Gasteiger partial charge on any atom is -0.494 e. The summed E-state index contributed by atoms with van der Waals surface area (Å²) in [5, 5.41) is 12.7. The third-order valence-electron chi connectivity index (χ3n) is 9.42. The molecule has 0 spiro atoms. The molecular formula is C35H49N9O6S. The summed E-state index contributed by atoms with van der Waals surface area (Å²) in [5.41, 5.74) is 0.444. The molecule has 0 aliphatic carbocycles. The zero-order chi connectivity index (χ0) is 37.1. The number of imide groups is 1. The smallest absolute Gasteiger partial charge is 0.257 e. The lowest BCUT2D eigenvalue weighted by atomic mass is 9.85. The molecule has 2 saturated heterocycles. The predicted molar refractivity (Wildman–Crippen MR) is 195 cm³/mol. The van der Waals surface area contributed by atoms with Crippen molar-refractivity contribution in [2.75, 3.05) is 64.1 Å². The van der Waals surface area contributed by atoms with Gasteiger partial charge in [0, 0.05) is 43.3 Å². The number of amides is 3. The van der Waals surface area contributed by atoms with Crippen molar-refractivity contribution in [3.63, 3.8) is 0 Å². The highest BCUT2D eigenvalue weighted by Crippen LogP contribution is 2.38. The number of carbonyl (C=O) groups excluding carboxylic acids is 3. The lowest BCUT2D eigenvalue weighted by molar-refractivity contribution is -0.134. The molecule has 0 radical (unpaired) electrons. The Morgan fingerprint density at radius 3 is 2.33 bits per heavy atom. The van der Waals surface area contributed by atoms with E-state index in [1.165, 1.54) is 17.7 Å². The number of sulfonamides is 1. The fourth-order valence-electron chi connectivity index (χ4n) is 6.11. The van der Waals surface area contributed by atoms with Crippen LogP contribution < -0.4 is 30.9 Å². The first-order valence-corrected chi connectivity index (χ1v) is 18.6. The fraction of sp³-hybridized carbons (Fsp3) is 0.514. The van der Waals surface area contributed by atoms with Crippen LogP contribution in [0.3, 0.4) is 0 Å². The number of hydrogen-bond acceptors (Lipinski definition) is 12. The van der Waals surface area contributed by atoms with Crippen molar-refractivity contribution in [1.82, 2.24) is 35.1 Å². The topological polar surface area (TPSA) is 178 Å². The van der Waals surface area contributed by atoms with Crippen molar-refractivity contribution in [2.45, 2.75) is 63.6 Å². The predicted octanol–water partition coefficient (Wildman–Crippen LogP) is 2.07. The summed E-state index contributed by atoms with van der Waals surface area (Å²) in [5.74, 6) is -0.874. The summed E-state index contributed by atoms with van der Waals surface area (Å²) in [4.78, 5) is 54.3. The normalized spacial score (nSPS) is 18.6. The van der Waals surface area contributed by atoms with E-state index in [9.17, 15) is 22.8 Å². The molecule has 4 N–H and O–H groups in total. The standard InChI is InChI=1S/C35H49N9O6S/c1-22(36-5)32(45)41-30(35(2,3)4)34(47)44(33(46)26-9-8-14-37-26)28-19-25-27(20-29(28)50-7)38-21-39-31(25)40-23-10-12-24(13-11-23)51(48,49)43-17-15-42(6)16-18-43/h10-13,19-22,26,30,36-37H,8-9,14-18H2,1-7H3,(H,41,45)(H,38,39,40)/t22-,26-,30+/m0/s1. The van der Waals surface area contributed by atoms with Crippen LogP contribution >= 0.6 is 0 Å². The van der Waals surface area contributed by atoms with Gasteiger partial charge in [-0.25, -0.2) is 23.3 Å². The van der Waals surface area contributed by atoms with Crippen LogP contribution in [-0.2, 0) is 24.4 Å². The van der Waals surface area contributed by atoms with Crippen molar-refractivity contribution in [3.8, 4) is 5.75 Å². The molecule has 1 aromatic heterocycles. The lowest BCUT2D eigenvalue weighted by Crippen LogP contribution is -2.60. The highest BCUT2D eigenvalue weighted by atomic mass is 32.2. The number of likely N-dealkylation sites (N-methyl/N-ethyl adjacent to an activating group) is 2. The van der Waals surface area contributed by atoms with Crippen LogP contribution in [0.15, 0.2) is 47.6 Å². The van der Waals surface area contributed by atoms with Gasteiger partial charge >= 0.3 is 0 Å². The van der Waals surface area contributed by atoms with Gasteiger partial charge in [-0.05, 0) is 76.2 Å². The molecule has 5 rings (SSSR count). The summed E-state index contributed by atoms with van der Waals surface area (Å²) in [6.45, 7) is 9.97. The molecule has 2 fully saturated rings. The third kappa shape index (κ3) is 8.31. The Bertz CT molecular complexity index is 1850. The van der Waals surface area contributed by atoms with Crippen molar-refractivity contribution >= 4 is 55.8 Å². The van der Waals surface area contributed by atoms with E-state index in [0.717, 1.165) is 11.3 Å². The third-order valence-corrected chi connectivity index (χ3v) is 11.3. The number of hydrogen-bond donors (Lipinski definition) is 4. The molecular weight excluding hydrogens is 675 g/mol. The van der Waals surface area contributed by atoms with Gasteiger partial charge < -0.3 is 30.9 Å². The van der Waals surface area contributed by atoms with Crippen molar-refractivity contribution in [3.05, 3.63) is 42.7 Å². The van der Waals surface area contributed by atoms with E-state index in [2.05, 4.69) is 36.1 Å². The van der Waals surface area contributed by atoms with E-state index in [-0.39, 0.29) is 22.2 Å². The van der Waals surface area contributed by atoms with Crippen molar-refractivity contribution in [2.24, 2.45) is 5.41 Å². The average molecular weight is 724 g/mol. The first-order chi connectivity index (χ1) is 24.1. The summed E-state index contributed by atoms with van der Waals surface area (Å²) < 4.78 is 33.8. The second-order valence-corrected chi connectivity index (χ2v) is 16.0. The van der Waals surface area contributed by atoms with Gasteiger partial charge in [0.15, 0.2) is 0 Å². The highest BCUT2D eigenvalue weighted by molar-refractivity contribution is 7.89. The van der Waals surface area contributed by atoms with Gasteiger partial charge in [0.05, 0.1) is 35.3 Å². The van der Waals surface area contributed by atoms with E-state index in [0.29, 0.717) is 61.6 Å². The van der Waals surface area contributed by atoms with Gasteiger partial charge in [0.2, 0.25) is 15.9 Å². The van der Waals surface area contributed by atoms with Gasteiger partial charge in [-0.15, -0.1) is 0 Å². The monoisotopic (exact) mass is 723 g/mol. The Kier molecular flexibility index (Phi) is 11.6. The zero-order valence-electron chi connectivity index (χ0n) is 30.3.